The summed E-state index contributed by atoms with van der Waals surface area (Å²) in [6.07, 6.45) is 0. The van der Waals surface area contributed by atoms with Crippen LogP contribution in [0.1, 0.15) is 20.8 Å². The summed E-state index contributed by atoms with van der Waals surface area (Å²) in [6.45, 7) is 10.5. The van der Waals surface area contributed by atoms with Crippen molar-refractivity contribution in [2.45, 2.75) is 43.9 Å². The molecule has 0 aliphatic carbocycles. The van der Waals surface area contributed by atoms with Crippen molar-refractivity contribution in [2.24, 2.45) is 0 Å². The molecule has 0 aliphatic rings. The minimum Gasteiger partial charge on any atom is -0.531 e. The molecule has 0 fully saturated rings. The predicted octanol–water partition coefficient (Wildman–Crippen LogP) is 2.37. The summed E-state index contributed by atoms with van der Waals surface area (Å²) in [5.74, 6) is 0.364. The van der Waals surface area contributed by atoms with E-state index in [1.807, 2.05) is 0 Å². The normalized spacial score (nSPS) is 13.4. The standard InChI is InChI=1S/C12H22N2O3SSi/c1-12(2,3)19(5,6)17-10-8-7-9-11(14-10)18(15,16)13-4/h7-9,13H,1-6H3. The first kappa shape index (κ1) is 16.1. The maximum atomic E-state index is 11.7. The molecule has 19 heavy (non-hydrogen) atoms. The van der Waals surface area contributed by atoms with Crippen molar-refractivity contribution in [2.75, 3.05) is 7.05 Å². The molecule has 5 nitrogen and oxygen atoms in total. The Morgan fingerprint density at radius 1 is 1.26 bits per heavy atom. The van der Waals surface area contributed by atoms with Gasteiger partial charge < -0.3 is 4.43 Å². The molecule has 1 rings (SSSR count). The molecule has 1 heterocycles. The summed E-state index contributed by atoms with van der Waals surface area (Å²) >= 11 is 0. The molecule has 0 spiro atoms. The molecule has 0 aliphatic heterocycles. The monoisotopic (exact) mass is 302 g/mol. The van der Waals surface area contributed by atoms with E-state index in [1.165, 1.54) is 13.1 Å². The molecule has 1 N–H and O–H groups in total. The van der Waals surface area contributed by atoms with Crippen molar-refractivity contribution in [1.29, 1.82) is 0 Å². The van der Waals surface area contributed by atoms with Gasteiger partial charge in [-0.2, -0.15) is 0 Å². The average molecular weight is 302 g/mol. The lowest BCUT2D eigenvalue weighted by molar-refractivity contribution is 0.471. The molecule has 0 bridgehead atoms. The molecule has 0 aromatic carbocycles. The average Bonchev–Trinajstić information content (AvgIpc) is 2.27. The third-order valence-corrected chi connectivity index (χ3v) is 9.06. The first-order chi connectivity index (χ1) is 8.49. The summed E-state index contributed by atoms with van der Waals surface area (Å²) in [5.41, 5.74) is 0. The Kier molecular flexibility index (Phi) is 4.43. The lowest BCUT2D eigenvalue weighted by atomic mass is 10.2. The van der Waals surface area contributed by atoms with Crippen LogP contribution in [0.15, 0.2) is 23.2 Å². The van der Waals surface area contributed by atoms with E-state index in [1.54, 1.807) is 12.1 Å². The highest BCUT2D eigenvalue weighted by Crippen LogP contribution is 2.36. The van der Waals surface area contributed by atoms with Crippen molar-refractivity contribution in [1.82, 2.24) is 9.71 Å². The van der Waals surface area contributed by atoms with Gasteiger partial charge in [0.2, 0.25) is 5.88 Å². The number of rotatable bonds is 4. The number of hydrogen-bond acceptors (Lipinski definition) is 4. The van der Waals surface area contributed by atoms with Gasteiger partial charge in [0.05, 0.1) is 0 Å². The Labute approximate surface area is 116 Å². The van der Waals surface area contributed by atoms with E-state index >= 15 is 0 Å². The second kappa shape index (κ2) is 5.22. The van der Waals surface area contributed by atoms with Crippen LogP contribution in [0, 0.1) is 0 Å². The van der Waals surface area contributed by atoms with Gasteiger partial charge in [-0.05, 0) is 37.3 Å². The quantitative estimate of drug-likeness (QED) is 0.867. The highest BCUT2D eigenvalue weighted by Gasteiger charge is 2.39. The number of nitrogens with one attached hydrogen (secondary N) is 1. The number of aromatic nitrogens is 1. The molecule has 0 atom stereocenters. The smallest absolute Gasteiger partial charge is 0.257 e. The van der Waals surface area contributed by atoms with Gasteiger partial charge in [0.15, 0.2) is 5.03 Å². The summed E-state index contributed by atoms with van der Waals surface area (Å²) in [6, 6.07) is 4.78. The lowest BCUT2D eigenvalue weighted by Crippen LogP contribution is -2.44. The van der Waals surface area contributed by atoms with Crippen molar-refractivity contribution in [3.63, 3.8) is 0 Å². The van der Waals surface area contributed by atoms with Gasteiger partial charge in [-0.25, -0.2) is 18.1 Å². The van der Waals surface area contributed by atoms with Crippen LogP contribution < -0.4 is 9.15 Å². The van der Waals surface area contributed by atoms with Crippen molar-refractivity contribution >= 4 is 18.3 Å². The Morgan fingerprint density at radius 2 is 1.84 bits per heavy atom. The zero-order chi connectivity index (χ0) is 14.9. The molecule has 1 aromatic rings. The van der Waals surface area contributed by atoms with Gasteiger partial charge in [-0.1, -0.05) is 26.8 Å². The topological polar surface area (TPSA) is 68.3 Å². The van der Waals surface area contributed by atoms with Crippen LogP contribution in [0.3, 0.4) is 0 Å². The molecule has 0 amide bonds. The van der Waals surface area contributed by atoms with Gasteiger partial charge in [-0.3, -0.25) is 0 Å². The number of nitrogens with zero attached hydrogens (tertiary/aromatic N) is 1. The predicted molar refractivity (Wildman–Crippen MR) is 78.3 cm³/mol. The van der Waals surface area contributed by atoms with Crippen LogP contribution in [0.25, 0.3) is 0 Å². The number of pyridine rings is 1. The van der Waals surface area contributed by atoms with Crippen LogP contribution in [-0.2, 0) is 10.0 Å². The maximum Gasteiger partial charge on any atom is 0.257 e. The molecule has 0 saturated heterocycles. The molecule has 108 valence electrons. The van der Waals surface area contributed by atoms with Gasteiger partial charge in [-0.15, -0.1) is 0 Å². The molecule has 0 radical (unpaired) electrons. The fourth-order valence-electron chi connectivity index (χ4n) is 1.12. The first-order valence-corrected chi connectivity index (χ1v) is 10.5. The van der Waals surface area contributed by atoms with E-state index in [0.717, 1.165) is 0 Å². The molecule has 7 heteroatoms. The van der Waals surface area contributed by atoms with Crippen LogP contribution in [0.2, 0.25) is 18.1 Å². The van der Waals surface area contributed by atoms with Crippen molar-refractivity contribution in [3.8, 4) is 5.88 Å². The number of sulfonamides is 1. The van der Waals surface area contributed by atoms with E-state index in [-0.39, 0.29) is 10.1 Å². The molecular formula is C12H22N2O3SSi. The van der Waals surface area contributed by atoms with Gasteiger partial charge in [0.25, 0.3) is 18.3 Å². The van der Waals surface area contributed by atoms with E-state index in [9.17, 15) is 8.42 Å². The van der Waals surface area contributed by atoms with Gasteiger partial charge in [0, 0.05) is 0 Å². The lowest BCUT2D eigenvalue weighted by Gasteiger charge is -2.35. The molecule has 0 saturated carbocycles. The fraction of sp³-hybridized carbons (Fsp3) is 0.583. The van der Waals surface area contributed by atoms with Crippen LogP contribution in [0.4, 0.5) is 0 Å². The van der Waals surface area contributed by atoms with Gasteiger partial charge >= 0.3 is 0 Å². The third kappa shape index (κ3) is 3.77. The first-order valence-electron chi connectivity index (χ1n) is 6.09. The largest absolute Gasteiger partial charge is 0.531 e. The summed E-state index contributed by atoms with van der Waals surface area (Å²) in [5, 5.41) is 0.0123. The second-order valence-corrected chi connectivity index (χ2v) is 12.4. The van der Waals surface area contributed by atoms with E-state index in [2.05, 4.69) is 43.6 Å². The third-order valence-electron chi connectivity index (χ3n) is 3.41. The minimum atomic E-state index is -3.54. The summed E-state index contributed by atoms with van der Waals surface area (Å²) in [4.78, 5) is 4.08. The minimum absolute atomic E-state index is 0.0220. The molecular weight excluding hydrogens is 280 g/mol. The van der Waals surface area contributed by atoms with Crippen LogP contribution >= 0.6 is 0 Å². The molecule has 0 unspecified atom stereocenters. The summed E-state index contributed by atoms with van der Waals surface area (Å²) < 4.78 is 31.6. The zero-order valence-electron chi connectivity index (χ0n) is 12.3. The number of hydrogen-bond donors (Lipinski definition) is 1. The Bertz CT molecular complexity index is 550. The SMILES string of the molecule is CNS(=O)(=O)c1cccc(O[Si](C)(C)C(C)(C)C)n1. The van der Waals surface area contributed by atoms with Crippen molar-refractivity contribution < 1.29 is 12.8 Å². The highest BCUT2D eigenvalue weighted by molar-refractivity contribution is 7.89. The van der Waals surface area contributed by atoms with E-state index in [4.69, 9.17) is 4.43 Å². The van der Waals surface area contributed by atoms with E-state index < -0.39 is 18.3 Å². The van der Waals surface area contributed by atoms with Crippen LogP contribution in [0.5, 0.6) is 5.88 Å². The van der Waals surface area contributed by atoms with Crippen LogP contribution in [-0.4, -0.2) is 28.8 Å². The van der Waals surface area contributed by atoms with Gasteiger partial charge in [0.1, 0.15) is 0 Å². The zero-order valence-corrected chi connectivity index (χ0v) is 14.1. The Morgan fingerprint density at radius 3 is 2.32 bits per heavy atom. The van der Waals surface area contributed by atoms with E-state index in [0.29, 0.717) is 5.88 Å². The second-order valence-electron chi connectivity index (χ2n) is 5.88. The fourth-order valence-corrected chi connectivity index (χ4v) is 2.74. The highest BCUT2D eigenvalue weighted by atomic mass is 32.2. The maximum absolute atomic E-state index is 11.7. The summed E-state index contributed by atoms with van der Waals surface area (Å²) in [7, 11) is -4.19. The Hall–Kier alpha value is -0.923. The Balaban J connectivity index is 3.09. The van der Waals surface area contributed by atoms with Crippen molar-refractivity contribution in [3.05, 3.63) is 18.2 Å². The molecule has 1 aromatic heterocycles.